The minimum atomic E-state index is -0.503. The van der Waals surface area contributed by atoms with Crippen LogP contribution >= 0.6 is 0 Å². The van der Waals surface area contributed by atoms with Crippen molar-refractivity contribution < 1.29 is 23.8 Å². The van der Waals surface area contributed by atoms with Crippen molar-refractivity contribution >= 4 is 11.8 Å². The molecule has 2 bridgehead atoms. The molecule has 30 heavy (non-hydrogen) atoms. The normalized spacial score (nSPS) is 45.6. The van der Waals surface area contributed by atoms with Gasteiger partial charge in [0.1, 0.15) is 0 Å². The predicted octanol–water partition coefficient (Wildman–Crippen LogP) is 2.96. The van der Waals surface area contributed by atoms with Crippen molar-refractivity contribution in [1.29, 1.82) is 0 Å². The molecule has 1 saturated carbocycles. The fraction of sp³-hybridized carbons (Fsp3) is 0.833. The standard InChI is InChI=1S/C24H35NO5/c1-5-24(29-4)9-8-22(14-30-24)15-6-7-16-19(26)10-17-18(21(27)28-3)11-23(22,20(16)17)13-25(2)12-15/h15,17-18H,5-14H2,1-4H3/t15-,17+,18+,22+,23-,24-/m0/s1. The Bertz CT molecular complexity index is 789. The first-order chi connectivity index (χ1) is 14.4. The molecule has 2 heterocycles. The van der Waals surface area contributed by atoms with Crippen molar-refractivity contribution in [3.63, 3.8) is 0 Å². The Labute approximate surface area is 179 Å². The highest BCUT2D eigenvalue weighted by Crippen LogP contribution is 2.71. The van der Waals surface area contributed by atoms with Gasteiger partial charge in [0.2, 0.25) is 0 Å². The maximum Gasteiger partial charge on any atom is 0.309 e. The maximum absolute atomic E-state index is 13.1. The fourth-order valence-electron chi connectivity index (χ4n) is 8.12. The molecule has 5 aliphatic rings. The lowest BCUT2D eigenvalue weighted by atomic mass is 9.50. The lowest BCUT2D eigenvalue weighted by Crippen LogP contribution is -2.64. The van der Waals surface area contributed by atoms with E-state index in [2.05, 4.69) is 18.9 Å². The maximum atomic E-state index is 13.1. The van der Waals surface area contributed by atoms with Crippen molar-refractivity contribution in [2.24, 2.45) is 28.6 Å². The fourth-order valence-corrected chi connectivity index (χ4v) is 8.12. The average Bonchev–Trinajstić information content (AvgIpc) is 3.23. The van der Waals surface area contributed by atoms with E-state index in [9.17, 15) is 9.59 Å². The molecule has 0 N–H and O–H groups in total. The zero-order valence-corrected chi connectivity index (χ0v) is 18.8. The Balaban J connectivity index is 1.65. The van der Waals surface area contributed by atoms with Crippen LogP contribution in [-0.2, 0) is 23.8 Å². The number of piperidine rings is 1. The van der Waals surface area contributed by atoms with E-state index in [-0.39, 0.29) is 34.4 Å². The number of rotatable bonds is 3. The van der Waals surface area contributed by atoms with Gasteiger partial charge in [-0.05, 0) is 50.6 Å². The number of hydrogen-bond acceptors (Lipinski definition) is 6. The number of hydrogen-bond donors (Lipinski definition) is 0. The summed E-state index contributed by atoms with van der Waals surface area (Å²) in [7, 11) is 5.42. The topological polar surface area (TPSA) is 65.1 Å². The first-order valence-electron chi connectivity index (χ1n) is 11.6. The highest BCUT2D eigenvalue weighted by atomic mass is 16.7. The van der Waals surface area contributed by atoms with Crippen LogP contribution in [0.5, 0.6) is 0 Å². The van der Waals surface area contributed by atoms with Crippen LogP contribution in [0.3, 0.4) is 0 Å². The van der Waals surface area contributed by atoms with E-state index in [0.29, 0.717) is 18.9 Å². The summed E-state index contributed by atoms with van der Waals surface area (Å²) in [6.07, 6.45) is 5.87. The summed E-state index contributed by atoms with van der Waals surface area (Å²) in [4.78, 5) is 28.3. The first kappa shape index (κ1) is 20.7. The number of nitrogens with zero attached hydrogens (tertiary/aromatic N) is 1. The smallest absolute Gasteiger partial charge is 0.309 e. The van der Waals surface area contributed by atoms with Crippen molar-refractivity contribution in [2.45, 2.75) is 57.7 Å². The molecule has 5 rings (SSSR count). The summed E-state index contributed by atoms with van der Waals surface area (Å²) in [6.45, 7) is 4.70. The van der Waals surface area contributed by atoms with Crippen LogP contribution in [0.1, 0.15) is 51.9 Å². The number of carbonyl (C=O) groups is 2. The minimum absolute atomic E-state index is 0.0161. The van der Waals surface area contributed by atoms with Gasteiger partial charge >= 0.3 is 5.97 Å². The zero-order chi connectivity index (χ0) is 21.3. The molecule has 6 nitrogen and oxygen atoms in total. The van der Waals surface area contributed by atoms with Crippen LogP contribution in [0.4, 0.5) is 0 Å². The van der Waals surface area contributed by atoms with Crippen molar-refractivity contribution in [2.75, 3.05) is 41.0 Å². The second-order valence-electron chi connectivity index (χ2n) is 10.4. The van der Waals surface area contributed by atoms with Crippen molar-refractivity contribution in [3.05, 3.63) is 11.1 Å². The second kappa shape index (κ2) is 6.88. The molecule has 6 heteroatoms. The number of likely N-dealkylation sites (tertiary alicyclic amines) is 1. The molecule has 2 aliphatic heterocycles. The summed E-state index contributed by atoms with van der Waals surface area (Å²) in [5, 5.41) is 0. The van der Waals surface area contributed by atoms with Gasteiger partial charge in [-0.15, -0.1) is 0 Å². The second-order valence-corrected chi connectivity index (χ2v) is 10.4. The van der Waals surface area contributed by atoms with Crippen LogP contribution < -0.4 is 0 Å². The monoisotopic (exact) mass is 417 g/mol. The third-order valence-corrected chi connectivity index (χ3v) is 9.52. The molecule has 6 atom stereocenters. The Morgan fingerprint density at radius 2 is 2.10 bits per heavy atom. The molecule has 0 unspecified atom stereocenters. The van der Waals surface area contributed by atoms with Gasteiger partial charge in [0, 0.05) is 49.8 Å². The van der Waals surface area contributed by atoms with Crippen LogP contribution in [0.15, 0.2) is 11.1 Å². The molecule has 3 fully saturated rings. The zero-order valence-electron chi connectivity index (χ0n) is 18.8. The van der Waals surface area contributed by atoms with Crippen LogP contribution in [0, 0.1) is 28.6 Å². The lowest BCUT2D eigenvalue weighted by Gasteiger charge is -2.62. The number of ether oxygens (including phenoxy) is 3. The number of Topliss-reactive ketones (excluding diaryl/α,β-unsaturated/α-hetero) is 1. The summed E-state index contributed by atoms with van der Waals surface area (Å²) < 4.78 is 17.6. The Hall–Kier alpha value is -1.24. The van der Waals surface area contributed by atoms with Gasteiger partial charge in [-0.25, -0.2) is 0 Å². The minimum Gasteiger partial charge on any atom is -0.469 e. The third-order valence-electron chi connectivity index (χ3n) is 9.52. The molecule has 2 spiro atoms. The summed E-state index contributed by atoms with van der Waals surface area (Å²) in [5.74, 6) is -0.128. The average molecular weight is 418 g/mol. The van der Waals surface area contributed by atoms with Gasteiger partial charge in [-0.2, -0.15) is 0 Å². The van der Waals surface area contributed by atoms with E-state index in [1.54, 1.807) is 7.11 Å². The number of esters is 1. The lowest BCUT2D eigenvalue weighted by molar-refractivity contribution is -0.294. The molecule has 3 aliphatic carbocycles. The Kier molecular flexibility index (Phi) is 4.73. The quantitative estimate of drug-likeness (QED) is 0.658. The van der Waals surface area contributed by atoms with Gasteiger partial charge in [-0.1, -0.05) is 12.5 Å². The van der Waals surface area contributed by atoms with Crippen LogP contribution in [0.25, 0.3) is 0 Å². The third kappa shape index (κ3) is 2.47. The van der Waals surface area contributed by atoms with Crippen molar-refractivity contribution in [1.82, 2.24) is 4.90 Å². The van der Waals surface area contributed by atoms with E-state index >= 15 is 0 Å². The molecule has 0 radical (unpaired) electrons. The highest BCUT2D eigenvalue weighted by molar-refractivity contribution is 6.01. The molecular weight excluding hydrogens is 382 g/mol. The number of ketones is 1. The molecular formula is C24H35NO5. The van der Waals surface area contributed by atoms with Gasteiger partial charge < -0.3 is 19.1 Å². The Morgan fingerprint density at radius 1 is 1.30 bits per heavy atom. The molecule has 2 saturated heterocycles. The summed E-state index contributed by atoms with van der Waals surface area (Å²) in [6, 6.07) is 0. The largest absolute Gasteiger partial charge is 0.469 e. The molecule has 166 valence electrons. The molecule has 0 aromatic heterocycles. The van der Waals surface area contributed by atoms with Gasteiger partial charge in [0.25, 0.3) is 0 Å². The van der Waals surface area contributed by atoms with Gasteiger partial charge in [0.15, 0.2) is 11.6 Å². The van der Waals surface area contributed by atoms with E-state index in [4.69, 9.17) is 14.2 Å². The first-order valence-corrected chi connectivity index (χ1v) is 11.6. The highest BCUT2D eigenvalue weighted by Gasteiger charge is 2.70. The van der Waals surface area contributed by atoms with E-state index in [1.807, 2.05) is 0 Å². The van der Waals surface area contributed by atoms with Gasteiger partial charge in [0.05, 0.1) is 19.6 Å². The predicted molar refractivity (Wildman–Crippen MR) is 111 cm³/mol. The summed E-state index contributed by atoms with van der Waals surface area (Å²) >= 11 is 0. The van der Waals surface area contributed by atoms with E-state index < -0.39 is 5.79 Å². The number of methoxy groups -OCH3 is 2. The van der Waals surface area contributed by atoms with E-state index in [1.165, 1.54) is 12.7 Å². The Morgan fingerprint density at radius 3 is 2.73 bits per heavy atom. The number of allylic oxidation sites excluding steroid dienone is 1. The molecule has 0 amide bonds. The SMILES string of the molecule is CC[C@@]1(OC)CC[C@@]2(CO1)[C@H]1CCC3=C4[C@H](CC3=O)[C@H](C(=O)OC)C[C@]42CN(C)C1. The molecule has 0 aromatic rings. The summed E-state index contributed by atoms with van der Waals surface area (Å²) in [5.41, 5.74) is 2.13. The van der Waals surface area contributed by atoms with Crippen LogP contribution in [0.2, 0.25) is 0 Å². The number of carbonyl (C=O) groups excluding carboxylic acids is 2. The van der Waals surface area contributed by atoms with Gasteiger partial charge in [-0.3, -0.25) is 9.59 Å². The van der Waals surface area contributed by atoms with Crippen LogP contribution in [-0.4, -0.2) is 63.4 Å². The van der Waals surface area contributed by atoms with Crippen molar-refractivity contribution in [3.8, 4) is 0 Å². The van der Waals surface area contributed by atoms with E-state index in [0.717, 1.165) is 57.2 Å². The molecule has 0 aromatic carbocycles.